The highest BCUT2D eigenvalue weighted by Gasteiger charge is 2.52. The van der Waals surface area contributed by atoms with Crippen LogP contribution in [0.2, 0.25) is 18.1 Å². The second-order valence-corrected chi connectivity index (χ2v) is 18.8. The molecule has 2 aliphatic heterocycles. The van der Waals surface area contributed by atoms with E-state index < -0.39 is 52.6 Å². The van der Waals surface area contributed by atoms with Crippen LogP contribution >= 0.6 is 7.82 Å². The summed E-state index contributed by atoms with van der Waals surface area (Å²) in [6.07, 6.45) is -2.68. The van der Waals surface area contributed by atoms with Gasteiger partial charge in [-0.25, -0.2) is 4.57 Å². The van der Waals surface area contributed by atoms with Crippen molar-refractivity contribution in [3.05, 3.63) is 0 Å². The first-order valence-electron chi connectivity index (χ1n) is 14.9. The van der Waals surface area contributed by atoms with E-state index in [1.165, 1.54) is 0 Å². The summed E-state index contributed by atoms with van der Waals surface area (Å²) in [5.41, 5.74) is 0. The van der Waals surface area contributed by atoms with Crippen molar-refractivity contribution >= 4 is 28.0 Å². The molecule has 1 amide bonds. The Morgan fingerprint density at radius 2 is 1.76 bits per heavy atom. The van der Waals surface area contributed by atoms with Gasteiger partial charge < -0.3 is 24.0 Å². The molecule has 2 fully saturated rings. The lowest BCUT2D eigenvalue weighted by molar-refractivity contribution is -0.153. The van der Waals surface area contributed by atoms with Crippen LogP contribution in [0.25, 0.3) is 0 Å². The molecular weight excluding hydrogens is 583 g/mol. The molecule has 2 rings (SSSR count). The number of phosphoric ester groups is 1. The van der Waals surface area contributed by atoms with E-state index in [4.69, 9.17) is 37.5 Å². The summed E-state index contributed by atoms with van der Waals surface area (Å²) >= 11 is 0. The lowest BCUT2D eigenvalue weighted by atomic mass is 10.1. The molecule has 0 bridgehead atoms. The molecule has 0 saturated carbocycles. The Bertz CT molecular complexity index is 985. The van der Waals surface area contributed by atoms with Gasteiger partial charge in [0.15, 0.2) is 8.32 Å². The van der Waals surface area contributed by atoms with E-state index in [0.717, 1.165) is 0 Å². The Labute approximate surface area is 252 Å². The van der Waals surface area contributed by atoms with Gasteiger partial charge in [0, 0.05) is 19.4 Å². The molecule has 14 heteroatoms. The first-order chi connectivity index (χ1) is 19.6. The summed E-state index contributed by atoms with van der Waals surface area (Å²) in [6, 6.07) is 1.97. The van der Waals surface area contributed by atoms with Crippen LogP contribution in [0, 0.1) is 11.3 Å². The number of ether oxygens (including phenoxy) is 3. The fourth-order valence-corrected chi connectivity index (χ4v) is 7.33. The van der Waals surface area contributed by atoms with Gasteiger partial charge in [-0.2, -0.15) is 5.26 Å². The fraction of sp³-hybridized carbons (Fsp3) is 0.893. The van der Waals surface area contributed by atoms with E-state index in [2.05, 4.69) is 39.2 Å². The van der Waals surface area contributed by atoms with Crippen LogP contribution in [0.1, 0.15) is 80.6 Å². The Balaban J connectivity index is 2.17. The minimum atomic E-state index is -4.25. The SMILES string of the molecule is CCNC(=O)CCC(=O)OC1C[C@H](C)O[C@@H]1COP(=O)(OCCC#N)OC1[C@@H](CC)O[C@@H](C)[C@H]1O[Si](C)(C)C(C)(C)C. The lowest BCUT2D eigenvalue weighted by Crippen LogP contribution is -2.49. The third-order valence-electron chi connectivity index (χ3n) is 7.89. The van der Waals surface area contributed by atoms with Crippen LogP contribution in [0.4, 0.5) is 0 Å². The predicted molar refractivity (Wildman–Crippen MR) is 158 cm³/mol. The first-order valence-corrected chi connectivity index (χ1v) is 19.3. The van der Waals surface area contributed by atoms with Crippen molar-refractivity contribution in [1.82, 2.24) is 5.32 Å². The minimum Gasteiger partial charge on any atom is -0.459 e. The average molecular weight is 635 g/mol. The van der Waals surface area contributed by atoms with Crippen LogP contribution in [0.15, 0.2) is 0 Å². The molecular formula is C28H51N2O10PSi. The molecule has 0 aromatic carbocycles. The van der Waals surface area contributed by atoms with E-state index in [1.807, 2.05) is 26.8 Å². The fourth-order valence-electron chi connectivity index (χ4n) is 4.58. The van der Waals surface area contributed by atoms with Crippen molar-refractivity contribution in [3.8, 4) is 6.07 Å². The molecule has 0 spiro atoms. The van der Waals surface area contributed by atoms with Crippen LogP contribution in [0.3, 0.4) is 0 Å². The highest BCUT2D eigenvalue weighted by atomic mass is 31.2. The zero-order valence-corrected chi connectivity index (χ0v) is 28.6. The minimum absolute atomic E-state index is 0.0157. The van der Waals surface area contributed by atoms with Gasteiger partial charge >= 0.3 is 13.8 Å². The van der Waals surface area contributed by atoms with E-state index >= 15 is 0 Å². The summed E-state index contributed by atoms with van der Waals surface area (Å²) in [5, 5.41) is 11.6. The summed E-state index contributed by atoms with van der Waals surface area (Å²) in [4.78, 5) is 24.1. The number of amides is 1. The number of esters is 1. The maximum atomic E-state index is 14.0. The first kappa shape index (κ1) is 36.8. The molecule has 1 N–H and O–H groups in total. The Hall–Kier alpha value is -1.36. The Kier molecular flexibility index (Phi) is 14.1. The van der Waals surface area contributed by atoms with Gasteiger partial charge in [-0.15, -0.1) is 0 Å². The molecule has 0 radical (unpaired) electrons. The van der Waals surface area contributed by atoms with Crippen molar-refractivity contribution in [2.24, 2.45) is 0 Å². The van der Waals surface area contributed by atoms with E-state index in [1.54, 1.807) is 6.92 Å². The summed E-state index contributed by atoms with van der Waals surface area (Å²) in [5.74, 6) is -0.767. The number of nitriles is 1. The number of carbonyl (C=O) groups is 2. The summed E-state index contributed by atoms with van der Waals surface area (Å²) < 4.78 is 55.9. The largest absolute Gasteiger partial charge is 0.475 e. The standard InChI is InChI=1S/C28H51N2O10PSi/c1-10-21-27(26(20(4)37-21)40-42(8,9)28(5,6)7)39-41(33,34-16-12-15-29)35-18-23-22(17-19(3)36-23)38-25(32)14-13-24(31)30-11-2/h19-23,26-27H,10-14,16-18H2,1-9H3,(H,30,31)/t19-,20-,21+,22?,23+,26+,27?,41?/m0/s1. The molecule has 2 heterocycles. The summed E-state index contributed by atoms with van der Waals surface area (Å²) in [6.45, 7) is 18.2. The van der Waals surface area contributed by atoms with E-state index in [0.29, 0.717) is 19.4 Å². The Morgan fingerprint density at radius 1 is 1.07 bits per heavy atom. The van der Waals surface area contributed by atoms with Gasteiger partial charge in [-0.1, -0.05) is 27.7 Å². The average Bonchev–Trinajstić information content (AvgIpc) is 3.38. The molecule has 0 aromatic heterocycles. The van der Waals surface area contributed by atoms with Gasteiger partial charge in [0.05, 0.1) is 50.4 Å². The highest BCUT2D eigenvalue weighted by Crippen LogP contribution is 2.54. The summed E-state index contributed by atoms with van der Waals surface area (Å²) in [7, 11) is -6.52. The second-order valence-electron chi connectivity index (χ2n) is 12.4. The number of nitrogens with zero attached hydrogens (tertiary/aromatic N) is 1. The molecule has 0 aromatic rings. The van der Waals surface area contributed by atoms with Gasteiger partial charge in [0.25, 0.3) is 0 Å². The molecule has 2 saturated heterocycles. The predicted octanol–water partition coefficient (Wildman–Crippen LogP) is 5.02. The zero-order valence-electron chi connectivity index (χ0n) is 26.7. The number of hydrogen-bond donors (Lipinski definition) is 1. The topological polar surface area (TPSA) is 152 Å². The van der Waals surface area contributed by atoms with Gasteiger partial charge in [0.1, 0.15) is 24.4 Å². The van der Waals surface area contributed by atoms with Crippen LogP contribution < -0.4 is 5.32 Å². The molecule has 12 nitrogen and oxygen atoms in total. The lowest BCUT2D eigenvalue weighted by Gasteiger charge is -2.40. The number of nitrogens with one attached hydrogen (secondary N) is 1. The highest BCUT2D eigenvalue weighted by molar-refractivity contribution is 7.48. The van der Waals surface area contributed by atoms with E-state index in [-0.39, 0.29) is 55.6 Å². The molecule has 42 heavy (non-hydrogen) atoms. The van der Waals surface area contributed by atoms with Gasteiger partial charge in [-0.05, 0) is 45.3 Å². The van der Waals surface area contributed by atoms with Crippen molar-refractivity contribution in [2.75, 3.05) is 19.8 Å². The van der Waals surface area contributed by atoms with Crippen molar-refractivity contribution < 1.29 is 46.4 Å². The smallest absolute Gasteiger partial charge is 0.459 e. The zero-order chi connectivity index (χ0) is 31.7. The van der Waals surface area contributed by atoms with Crippen molar-refractivity contribution in [1.29, 1.82) is 5.26 Å². The normalized spacial score (nSPS) is 29.6. The van der Waals surface area contributed by atoms with Gasteiger partial charge in [0.2, 0.25) is 5.91 Å². The maximum absolute atomic E-state index is 14.0. The quantitative estimate of drug-likeness (QED) is 0.105. The molecule has 2 aliphatic rings. The number of phosphoric acid groups is 1. The van der Waals surface area contributed by atoms with Crippen molar-refractivity contribution in [2.45, 2.75) is 141 Å². The third-order valence-corrected chi connectivity index (χ3v) is 13.8. The molecule has 242 valence electrons. The second kappa shape index (κ2) is 16.1. The van der Waals surface area contributed by atoms with Crippen LogP contribution in [-0.2, 0) is 46.4 Å². The Morgan fingerprint density at radius 3 is 2.36 bits per heavy atom. The number of rotatable bonds is 16. The van der Waals surface area contributed by atoms with Crippen molar-refractivity contribution in [3.63, 3.8) is 0 Å². The van der Waals surface area contributed by atoms with Crippen LogP contribution in [-0.4, -0.2) is 82.7 Å². The molecule has 0 aliphatic carbocycles. The molecule has 3 unspecified atom stereocenters. The van der Waals surface area contributed by atoms with Crippen LogP contribution in [0.5, 0.6) is 0 Å². The van der Waals surface area contributed by atoms with E-state index in [9.17, 15) is 14.2 Å². The molecule has 8 atom stereocenters. The number of hydrogen-bond acceptors (Lipinski definition) is 11. The maximum Gasteiger partial charge on any atom is 0.475 e. The number of carbonyl (C=O) groups excluding carboxylic acids is 2. The third kappa shape index (κ3) is 10.7. The monoisotopic (exact) mass is 634 g/mol. The van der Waals surface area contributed by atoms with Gasteiger partial charge in [-0.3, -0.25) is 23.2 Å².